The van der Waals surface area contributed by atoms with Crippen molar-refractivity contribution in [3.05, 3.63) is 53.6 Å². The molecule has 1 N–H and O–H groups in total. The predicted molar refractivity (Wildman–Crippen MR) is 99.0 cm³/mol. The first-order valence-corrected chi connectivity index (χ1v) is 8.23. The second kappa shape index (κ2) is 8.89. The lowest BCUT2D eigenvalue weighted by Gasteiger charge is -2.11. The van der Waals surface area contributed by atoms with E-state index in [2.05, 4.69) is 19.2 Å². The van der Waals surface area contributed by atoms with Gasteiger partial charge < -0.3 is 19.5 Å². The number of carbonyl (C=O) groups excluding carboxylic acids is 2. The van der Waals surface area contributed by atoms with E-state index in [1.807, 2.05) is 24.3 Å². The maximum Gasteiger partial charge on any atom is 0.342 e. The molecule has 0 saturated heterocycles. The normalized spacial score (nSPS) is 10.3. The fourth-order valence-electron chi connectivity index (χ4n) is 2.32. The van der Waals surface area contributed by atoms with E-state index in [0.29, 0.717) is 23.1 Å². The van der Waals surface area contributed by atoms with Crippen molar-refractivity contribution in [1.82, 2.24) is 0 Å². The molecule has 0 aliphatic rings. The Morgan fingerprint density at radius 3 is 2.27 bits per heavy atom. The molecule has 0 bridgehead atoms. The van der Waals surface area contributed by atoms with Crippen LogP contribution in [0.5, 0.6) is 11.5 Å². The first-order chi connectivity index (χ1) is 12.4. The van der Waals surface area contributed by atoms with Crippen molar-refractivity contribution < 1.29 is 23.8 Å². The van der Waals surface area contributed by atoms with Gasteiger partial charge in [0.2, 0.25) is 0 Å². The van der Waals surface area contributed by atoms with Crippen LogP contribution in [0.1, 0.15) is 35.7 Å². The minimum atomic E-state index is -0.644. The van der Waals surface area contributed by atoms with E-state index in [4.69, 9.17) is 14.2 Å². The fourth-order valence-corrected chi connectivity index (χ4v) is 2.32. The highest BCUT2D eigenvalue weighted by Gasteiger charge is 2.16. The molecule has 2 aromatic rings. The van der Waals surface area contributed by atoms with Crippen LogP contribution in [0.3, 0.4) is 0 Å². The Morgan fingerprint density at radius 2 is 1.69 bits per heavy atom. The monoisotopic (exact) mass is 357 g/mol. The molecule has 0 saturated carbocycles. The number of hydrogen-bond donors (Lipinski definition) is 1. The van der Waals surface area contributed by atoms with E-state index >= 15 is 0 Å². The van der Waals surface area contributed by atoms with Gasteiger partial charge in [-0.1, -0.05) is 26.0 Å². The molecule has 0 unspecified atom stereocenters. The molecule has 6 nitrogen and oxygen atoms in total. The number of carbonyl (C=O) groups is 2. The summed E-state index contributed by atoms with van der Waals surface area (Å²) < 4.78 is 15.3. The molecule has 0 aliphatic heterocycles. The maximum absolute atomic E-state index is 12.2. The van der Waals surface area contributed by atoms with E-state index in [1.54, 1.807) is 12.1 Å². The van der Waals surface area contributed by atoms with Crippen LogP contribution >= 0.6 is 0 Å². The SMILES string of the molecule is COc1ccc(C(=O)OCC(=O)Nc2ccc(C(C)C)cc2)c(OC)c1. The Kier molecular flexibility index (Phi) is 6.60. The fraction of sp³-hybridized carbons (Fsp3) is 0.300. The average Bonchev–Trinajstić information content (AvgIpc) is 2.65. The third kappa shape index (κ3) is 4.99. The first-order valence-electron chi connectivity index (χ1n) is 8.23. The van der Waals surface area contributed by atoms with Crippen molar-refractivity contribution in [2.75, 3.05) is 26.1 Å². The summed E-state index contributed by atoms with van der Waals surface area (Å²) in [7, 11) is 2.96. The molecule has 0 heterocycles. The molecule has 0 aliphatic carbocycles. The van der Waals surface area contributed by atoms with Crippen molar-refractivity contribution in [2.24, 2.45) is 0 Å². The lowest BCUT2D eigenvalue weighted by Crippen LogP contribution is -2.21. The third-order valence-electron chi connectivity index (χ3n) is 3.82. The van der Waals surface area contributed by atoms with E-state index in [-0.39, 0.29) is 12.2 Å². The Labute approximate surface area is 153 Å². The van der Waals surface area contributed by atoms with Crippen LogP contribution in [0.15, 0.2) is 42.5 Å². The van der Waals surface area contributed by atoms with E-state index < -0.39 is 11.9 Å². The van der Waals surface area contributed by atoms with Crippen LogP contribution in [-0.4, -0.2) is 32.7 Å². The molecule has 2 aromatic carbocycles. The van der Waals surface area contributed by atoms with Gasteiger partial charge in [-0.05, 0) is 35.7 Å². The number of methoxy groups -OCH3 is 2. The van der Waals surface area contributed by atoms with Gasteiger partial charge in [0.1, 0.15) is 17.1 Å². The Hall–Kier alpha value is -3.02. The van der Waals surface area contributed by atoms with Crippen LogP contribution in [0.4, 0.5) is 5.69 Å². The van der Waals surface area contributed by atoms with Gasteiger partial charge in [0.25, 0.3) is 5.91 Å². The van der Waals surface area contributed by atoms with Gasteiger partial charge in [0, 0.05) is 11.8 Å². The highest BCUT2D eigenvalue weighted by Crippen LogP contribution is 2.25. The molecule has 26 heavy (non-hydrogen) atoms. The number of ether oxygens (including phenoxy) is 3. The molecule has 138 valence electrons. The van der Waals surface area contributed by atoms with Gasteiger partial charge in [-0.15, -0.1) is 0 Å². The Balaban J connectivity index is 1.93. The van der Waals surface area contributed by atoms with Crippen molar-refractivity contribution >= 4 is 17.6 Å². The number of hydrogen-bond acceptors (Lipinski definition) is 5. The van der Waals surface area contributed by atoms with Crippen LogP contribution in [0.25, 0.3) is 0 Å². The van der Waals surface area contributed by atoms with Crippen molar-refractivity contribution in [2.45, 2.75) is 19.8 Å². The van der Waals surface area contributed by atoms with Crippen LogP contribution in [0, 0.1) is 0 Å². The van der Waals surface area contributed by atoms with Gasteiger partial charge in [-0.3, -0.25) is 4.79 Å². The Bertz CT molecular complexity index is 768. The smallest absolute Gasteiger partial charge is 0.342 e. The van der Waals surface area contributed by atoms with Gasteiger partial charge in [-0.2, -0.15) is 0 Å². The number of anilines is 1. The van der Waals surface area contributed by atoms with Crippen LogP contribution in [-0.2, 0) is 9.53 Å². The van der Waals surface area contributed by atoms with Crippen molar-refractivity contribution in [3.63, 3.8) is 0 Å². The molecule has 0 aromatic heterocycles. The number of benzene rings is 2. The van der Waals surface area contributed by atoms with Gasteiger partial charge in [0.05, 0.1) is 14.2 Å². The summed E-state index contributed by atoms with van der Waals surface area (Å²) in [5.74, 6) is 0.234. The van der Waals surface area contributed by atoms with E-state index in [9.17, 15) is 9.59 Å². The van der Waals surface area contributed by atoms with E-state index in [0.717, 1.165) is 0 Å². The van der Waals surface area contributed by atoms with Crippen LogP contribution < -0.4 is 14.8 Å². The summed E-state index contributed by atoms with van der Waals surface area (Å²) >= 11 is 0. The number of nitrogens with one attached hydrogen (secondary N) is 1. The maximum atomic E-state index is 12.2. The zero-order valence-electron chi connectivity index (χ0n) is 15.4. The van der Waals surface area contributed by atoms with Crippen molar-refractivity contribution in [1.29, 1.82) is 0 Å². The predicted octanol–water partition coefficient (Wildman–Crippen LogP) is 3.62. The molecule has 0 fully saturated rings. The number of esters is 1. The summed E-state index contributed by atoms with van der Waals surface area (Å²) in [5.41, 5.74) is 2.06. The summed E-state index contributed by atoms with van der Waals surface area (Å²) in [6.07, 6.45) is 0. The van der Waals surface area contributed by atoms with Crippen molar-refractivity contribution in [3.8, 4) is 11.5 Å². The first kappa shape index (κ1) is 19.3. The molecule has 0 atom stereocenters. The zero-order chi connectivity index (χ0) is 19.1. The topological polar surface area (TPSA) is 73.9 Å². The number of amides is 1. The van der Waals surface area contributed by atoms with Gasteiger partial charge in [-0.25, -0.2) is 4.79 Å². The highest BCUT2D eigenvalue weighted by atomic mass is 16.5. The summed E-state index contributed by atoms with van der Waals surface area (Å²) in [4.78, 5) is 24.2. The summed E-state index contributed by atoms with van der Waals surface area (Å²) in [6, 6.07) is 12.3. The average molecular weight is 357 g/mol. The molecular weight excluding hydrogens is 334 g/mol. The molecular formula is C20H23NO5. The minimum absolute atomic E-state index is 0.224. The standard InChI is InChI=1S/C20H23NO5/c1-13(2)14-5-7-15(8-6-14)21-19(22)12-26-20(23)17-10-9-16(24-3)11-18(17)25-4/h5-11,13H,12H2,1-4H3,(H,21,22). The lowest BCUT2D eigenvalue weighted by atomic mass is 10.0. The molecule has 2 rings (SSSR count). The van der Waals surface area contributed by atoms with Crippen LogP contribution in [0.2, 0.25) is 0 Å². The third-order valence-corrected chi connectivity index (χ3v) is 3.82. The highest BCUT2D eigenvalue weighted by molar-refractivity contribution is 5.96. The molecule has 0 radical (unpaired) electrons. The molecule has 6 heteroatoms. The second-order valence-corrected chi connectivity index (χ2v) is 5.97. The summed E-state index contributed by atoms with van der Waals surface area (Å²) in [5, 5.41) is 2.69. The van der Waals surface area contributed by atoms with Gasteiger partial charge in [0.15, 0.2) is 6.61 Å². The molecule has 1 amide bonds. The second-order valence-electron chi connectivity index (χ2n) is 5.97. The number of rotatable bonds is 7. The van der Waals surface area contributed by atoms with E-state index in [1.165, 1.54) is 25.8 Å². The Morgan fingerprint density at radius 1 is 1.00 bits per heavy atom. The summed E-state index contributed by atoms with van der Waals surface area (Å²) in [6.45, 7) is 3.81. The lowest BCUT2D eigenvalue weighted by molar-refractivity contribution is -0.119. The van der Waals surface area contributed by atoms with Gasteiger partial charge >= 0.3 is 5.97 Å². The molecule has 0 spiro atoms. The largest absolute Gasteiger partial charge is 0.497 e. The minimum Gasteiger partial charge on any atom is -0.497 e. The quantitative estimate of drug-likeness (QED) is 0.766. The zero-order valence-corrected chi connectivity index (χ0v) is 15.4.